The van der Waals surface area contributed by atoms with Crippen LogP contribution in [0.15, 0.2) is 54.6 Å². The second kappa shape index (κ2) is 8.57. The van der Waals surface area contributed by atoms with Gasteiger partial charge in [0.2, 0.25) is 0 Å². The van der Waals surface area contributed by atoms with Gasteiger partial charge in [-0.2, -0.15) is 0 Å². The summed E-state index contributed by atoms with van der Waals surface area (Å²) in [5.74, 6) is 1.20. The molecule has 2 heterocycles. The Morgan fingerprint density at radius 2 is 1.90 bits per heavy atom. The van der Waals surface area contributed by atoms with Crippen molar-refractivity contribution in [3.05, 3.63) is 70.7 Å². The largest absolute Gasteiger partial charge is 0.300 e. The molecular weight excluding hydrogens is 396 g/mol. The van der Waals surface area contributed by atoms with Gasteiger partial charge in [0, 0.05) is 28.8 Å². The van der Waals surface area contributed by atoms with Gasteiger partial charge in [-0.3, -0.25) is 14.5 Å². The molecule has 3 aromatic rings. The van der Waals surface area contributed by atoms with Gasteiger partial charge < -0.3 is 0 Å². The Morgan fingerprint density at radius 1 is 1.13 bits per heavy atom. The van der Waals surface area contributed by atoms with E-state index in [1.807, 2.05) is 48.5 Å². The van der Waals surface area contributed by atoms with E-state index in [4.69, 9.17) is 16.6 Å². The smallest absolute Gasteiger partial charge is 0.260 e. The highest BCUT2D eigenvalue weighted by Gasteiger charge is 2.39. The lowest BCUT2D eigenvalue weighted by molar-refractivity contribution is -0.119. The molecule has 0 fully saturated rings. The lowest BCUT2D eigenvalue weighted by Gasteiger charge is -2.24. The highest BCUT2D eigenvalue weighted by atomic mass is 35.5. The molecule has 1 amide bonds. The van der Waals surface area contributed by atoms with E-state index in [9.17, 15) is 9.59 Å². The number of aromatic nitrogens is 1. The summed E-state index contributed by atoms with van der Waals surface area (Å²) in [5.41, 5.74) is 2.27. The van der Waals surface area contributed by atoms with E-state index in [1.165, 1.54) is 0 Å². The fraction of sp³-hybridized carbons (Fsp3) is 0.320. The van der Waals surface area contributed by atoms with Crippen molar-refractivity contribution >= 4 is 40.0 Å². The first-order valence-electron chi connectivity index (χ1n) is 10.4. The maximum atomic E-state index is 13.2. The standard InChI is InChI=1S/C25H25ClN2O2/c1-16(2)6-5-7-19(29)15-23-20-8-3-4-9-21(20)25(30)28(23)24-13-11-17-10-12-18(26)14-22(17)27-24/h3-4,8-14,16,23H,5-7,15H2,1-2H3. The zero-order valence-corrected chi connectivity index (χ0v) is 18.0. The number of rotatable bonds is 7. The van der Waals surface area contributed by atoms with Gasteiger partial charge in [0.25, 0.3) is 5.91 Å². The highest BCUT2D eigenvalue weighted by Crippen LogP contribution is 2.39. The number of hydrogen-bond acceptors (Lipinski definition) is 3. The summed E-state index contributed by atoms with van der Waals surface area (Å²) >= 11 is 6.14. The first-order chi connectivity index (χ1) is 14.4. The fourth-order valence-corrected chi connectivity index (χ4v) is 4.26. The Bertz CT molecular complexity index is 1110. The minimum Gasteiger partial charge on any atom is -0.300 e. The Labute approximate surface area is 181 Å². The summed E-state index contributed by atoms with van der Waals surface area (Å²) in [5, 5.41) is 1.55. The van der Waals surface area contributed by atoms with Crippen molar-refractivity contribution < 1.29 is 9.59 Å². The molecule has 30 heavy (non-hydrogen) atoms. The lowest BCUT2D eigenvalue weighted by atomic mass is 9.97. The lowest BCUT2D eigenvalue weighted by Crippen LogP contribution is -2.30. The molecule has 1 aliphatic rings. The van der Waals surface area contributed by atoms with Crippen LogP contribution >= 0.6 is 11.6 Å². The van der Waals surface area contributed by atoms with Gasteiger partial charge in [0.05, 0.1) is 11.6 Å². The van der Waals surface area contributed by atoms with Crippen molar-refractivity contribution in [1.29, 1.82) is 0 Å². The van der Waals surface area contributed by atoms with Gasteiger partial charge >= 0.3 is 0 Å². The number of carbonyl (C=O) groups is 2. The normalized spacial score (nSPS) is 15.8. The third-order valence-corrected chi connectivity index (χ3v) is 5.86. The zero-order valence-electron chi connectivity index (χ0n) is 17.3. The van der Waals surface area contributed by atoms with E-state index in [0.717, 1.165) is 29.3 Å². The molecular formula is C25H25ClN2O2. The summed E-state index contributed by atoms with van der Waals surface area (Å²) in [6.07, 6.45) is 2.75. The number of pyridine rings is 1. The summed E-state index contributed by atoms with van der Waals surface area (Å²) in [7, 11) is 0. The van der Waals surface area contributed by atoms with Crippen LogP contribution in [0.3, 0.4) is 0 Å². The molecule has 0 saturated carbocycles. The van der Waals surface area contributed by atoms with E-state index in [0.29, 0.717) is 35.2 Å². The van der Waals surface area contributed by atoms with Gasteiger partial charge in [0.15, 0.2) is 0 Å². The molecule has 4 nitrogen and oxygen atoms in total. The van der Waals surface area contributed by atoms with Crippen LogP contribution in [0.1, 0.15) is 61.5 Å². The Kier molecular flexibility index (Phi) is 5.87. The molecule has 154 valence electrons. The Balaban J connectivity index is 1.66. The quantitative estimate of drug-likeness (QED) is 0.445. The molecule has 2 aromatic carbocycles. The molecule has 1 aromatic heterocycles. The van der Waals surface area contributed by atoms with Crippen LogP contribution in [0.2, 0.25) is 5.02 Å². The van der Waals surface area contributed by atoms with Crippen molar-refractivity contribution in [2.24, 2.45) is 5.92 Å². The number of amides is 1. The second-order valence-electron chi connectivity index (χ2n) is 8.31. The first kappa shape index (κ1) is 20.5. The van der Waals surface area contributed by atoms with Crippen molar-refractivity contribution in [3.8, 4) is 0 Å². The van der Waals surface area contributed by atoms with E-state index in [-0.39, 0.29) is 17.7 Å². The molecule has 1 unspecified atom stereocenters. The third kappa shape index (κ3) is 4.10. The van der Waals surface area contributed by atoms with Gasteiger partial charge in [-0.1, -0.05) is 56.1 Å². The monoisotopic (exact) mass is 420 g/mol. The molecule has 5 heteroatoms. The molecule has 0 bridgehead atoms. The molecule has 0 saturated heterocycles. The van der Waals surface area contributed by atoms with E-state index in [1.54, 1.807) is 11.0 Å². The predicted molar refractivity (Wildman–Crippen MR) is 121 cm³/mol. The van der Waals surface area contributed by atoms with Gasteiger partial charge in [-0.15, -0.1) is 0 Å². The molecule has 0 aliphatic carbocycles. The first-order valence-corrected chi connectivity index (χ1v) is 10.8. The van der Waals surface area contributed by atoms with E-state index < -0.39 is 0 Å². The van der Waals surface area contributed by atoms with Crippen LogP contribution in [0.5, 0.6) is 0 Å². The minimum atomic E-state index is -0.329. The van der Waals surface area contributed by atoms with Crippen LogP contribution in [-0.2, 0) is 4.79 Å². The van der Waals surface area contributed by atoms with Gasteiger partial charge in [0.1, 0.15) is 11.6 Å². The van der Waals surface area contributed by atoms with Gasteiger partial charge in [-0.25, -0.2) is 4.98 Å². The average molecular weight is 421 g/mol. The van der Waals surface area contributed by atoms with Crippen LogP contribution in [0, 0.1) is 5.92 Å². The average Bonchev–Trinajstić information content (AvgIpc) is 2.99. The summed E-state index contributed by atoms with van der Waals surface area (Å²) in [4.78, 5) is 32.4. The predicted octanol–water partition coefficient (Wildman–Crippen LogP) is 6.38. The number of carbonyl (C=O) groups excluding carboxylic acids is 2. The van der Waals surface area contributed by atoms with Crippen LogP contribution in [0.4, 0.5) is 5.82 Å². The SMILES string of the molecule is CC(C)CCCC(=O)CC1c2ccccc2C(=O)N1c1ccc2ccc(Cl)cc2n1. The maximum Gasteiger partial charge on any atom is 0.260 e. The topological polar surface area (TPSA) is 50.3 Å². The number of nitrogens with zero attached hydrogens (tertiary/aromatic N) is 2. The fourth-order valence-electron chi connectivity index (χ4n) is 4.10. The Morgan fingerprint density at radius 3 is 2.70 bits per heavy atom. The summed E-state index contributed by atoms with van der Waals surface area (Å²) in [6, 6.07) is 16.5. The number of hydrogen-bond donors (Lipinski definition) is 0. The summed E-state index contributed by atoms with van der Waals surface area (Å²) < 4.78 is 0. The van der Waals surface area contributed by atoms with Crippen LogP contribution in [-0.4, -0.2) is 16.7 Å². The molecule has 0 spiro atoms. The number of fused-ring (bicyclic) bond motifs is 2. The number of benzene rings is 2. The van der Waals surface area contributed by atoms with Crippen molar-refractivity contribution in [2.75, 3.05) is 4.90 Å². The minimum absolute atomic E-state index is 0.112. The molecule has 4 rings (SSSR count). The van der Waals surface area contributed by atoms with Crippen LogP contribution in [0.25, 0.3) is 10.9 Å². The molecule has 0 radical (unpaired) electrons. The van der Waals surface area contributed by atoms with Crippen molar-refractivity contribution in [3.63, 3.8) is 0 Å². The molecule has 1 aliphatic heterocycles. The van der Waals surface area contributed by atoms with E-state index >= 15 is 0 Å². The Hall–Kier alpha value is -2.72. The number of ketones is 1. The van der Waals surface area contributed by atoms with Crippen molar-refractivity contribution in [2.45, 2.75) is 45.6 Å². The van der Waals surface area contributed by atoms with Crippen LogP contribution < -0.4 is 4.90 Å². The van der Waals surface area contributed by atoms with Gasteiger partial charge in [-0.05, 0) is 48.2 Å². The van der Waals surface area contributed by atoms with Crippen molar-refractivity contribution in [1.82, 2.24) is 4.98 Å². The maximum absolute atomic E-state index is 13.2. The number of halogens is 1. The molecule has 1 atom stereocenters. The second-order valence-corrected chi connectivity index (χ2v) is 8.75. The third-order valence-electron chi connectivity index (χ3n) is 5.63. The number of anilines is 1. The molecule has 0 N–H and O–H groups in total. The number of Topliss-reactive ketones (excluding diaryl/α,β-unsaturated/α-hetero) is 1. The summed E-state index contributed by atoms with van der Waals surface area (Å²) in [6.45, 7) is 4.32. The highest BCUT2D eigenvalue weighted by molar-refractivity contribution is 6.31. The zero-order chi connectivity index (χ0) is 21.3. The van der Waals surface area contributed by atoms with E-state index in [2.05, 4.69) is 13.8 Å².